The molecule has 0 aromatic carbocycles. The van der Waals surface area contributed by atoms with Gasteiger partial charge < -0.3 is 15.2 Å². The van der Waals surface area contributed by atoms with E-state index in [1.165, 1.54) is 23.0 Å². The molecule has 2 aromatic heterocycles. The summed E-state index contributed by atoms with van der Waals surface area (Å²) in [5, 5.41) is 14.3. The lowest BCUT2D eigenvalue weighted by Gasteiger charge is -2.09. The van der Waals surface area contributed by atoms with Gasteiger partial charge in [0.25, 0.3) is 0 Å². The fourth-order valence-electron chi connectivity index (χ4n) is 1.63. The number of hydrogen-bond donors (Lipinski definition) is 2. The molecule has 0 amide bonds. The van der Waals surface area contributed by atoms with Gasteiger partial charge in [-0.05, 0) is 6.92 Å². The van der Waals surface area contributed by atoms with Gasteiger partial charge in [-0.25, -0.2) is 19.7 Å². The number of carboxylic acid groups (broad SMARTS) is 1. The quantitative estimate of drug-likeness (QED) is 0.835. The molecule has 0 aliphatic carbocycles. The lowest BCUT2D eigenvalue weighted by atomic mass is 10.3. The van der Waals surface area contributed by atoms with Crippen molar-refractivity contribution in [2.24, 2.45) is 0 Å². The van der Waals surface area contributed by atoms with Gasteiger partial charge in [-0.2, -0.15) is 0 Å². The average Bonchev–Trinajstić information content (AvgIpc) is 2.90. The molecule has 2 rings (SSSR count). The van der Waals surface area contributed by atoms with Crippen molar-refractivity contribution in [2.75, 3.05) is 19.0 Å². The normalized spacial score (nSPS) is 10.3. The molecule has 2 heterocycles. The van der Waals surface area contributed by atoms with Gasteiger partial charge in [-0.1, -0.05) is 0 Å². The number of carbonyl (C=O) groups is 1. The number of rotatable bonds is 6. The third kappa shape index (κ3) is 3.21. The topological polar surface area (TPSA) is 97.2 Å². The molecule has 20 heavy (non-hydrogen) atoms. The molecule has 2 aromatic rings. The summed E-state index contributed by atoms with van der Waals surface area (Å²) in [5.74, 6) is 0.230. The van der Waals surface area contributed by atoms with Gasteiger partial charge in [-0.3, -0.25) is 0 Å². The van der Waals surface area contributed by atoms with Crippen molar-refractivity contribution < 1.29 is 14.6 Å². The summed E-state index contributed by atoms with van der Waals surface area (Å²) in [4.78, 5) is 22.9. The fourth-order valence-corrected chi connectivity index (χ4v) is 2.40. The molecule has 106 valence electrons. The van der Waals surface area contributed by atoms with Crippen molar-refractivity contribution in [2.45, 2.75) is 13.3 Å². The van der Waals surface area contributed by atoms with E-state index in [1.54, 1.807) is 7.11 Å². The molecule has 0 atom stereocenters. The van der Waals surface area contributed by atoms with Crippen LogP contribution in [0.3, 0.4) is 0 Å². The van der Waals surface area contributed by atoms with Crippen molar-refractivity contribution in [1.29, 1.82) is 0 Å². The van der Waals surface area contributed by atoms with Crippen LogP contribution in [0, 0.1) is 6.92 Å². The van der Waals surface area contributed by atoms with Gasteiger partial charge in [0.2, 0.25) is 5.88 Å². The van der Waals surface area contributed by atoms with Crippen LogP contribution in [0.5, 0.6) is 5.88 Å². The van der Waals surface area contributed by atoms with Gasteiger partial charge in [0.1, 0.15) is 12.1 Å². The molecule has 0 bridgehead atoms. The molecule has 0 fully saturated rings. The van der Waals surface area contributed by atoms with Crippen LogP contribution in [0.25, 0.3) is 0 Å². The molecule has 2 N–H and O–H groups in total. The predicted octanol–water partition coefficient (Wildman–Crippen LogP) is 1.60. The Hall–Kier alpha value is -2.22. The fraction of sp³-hybridized carbons (Fsp3) is 0.333. The molecule has 0 aliphatic rings. The number of aromatic carboxylic acids is 1. The molecule has 0 aliphatic heterocycles. The van der Waals surface area contributed by atoms with Crippen molar-refractivity contribution in [3.05, 3.63) is 28.0 Å². The van der Waals surface area contributed by atoms with Crippen molar-refractivity contribution >= 4 is 23.1 Å². The van der Waals surface area contributed by atoms with Crippen LogP contribution in [-0.4, -0.2) is 39.7 Å². The Balaban J connectivity index is 1.94. The maximum atomic E-state index is 10.7. The first-order valence-corrected chi connectivity index (χ1v) is 6.77. The SMILES string of the molecule is COc1ncnc(NCCc2nc(C(=O)O)cs2)c1C. The molecular weight excluding hydrogens is 280 g/mol. The van der Waals surface area contributed by atoms with E-state index in [4.69, 9.17) is 9.84 Å². The Morgan fingerprint density at radius 1 is 1.50 bits per heavy atom. The predicted molar refractivity (Wildman–Crippen MR) is 74.6 cm³/mol. The van der Waals surface area contributed by atoms with E-state index in [9.17, 15) is 4.79 Å². The molecule has 7 nitrogen and oxygen atoms in total. The molecule has 0 spiro atoms. The van der Waals surface area contributed by atoms with Crippen LogP contribution >= 0.6 is 11.3 Å². The number of aromatic nitrogens is 3. The van der Waals surface area contributed by atoms with Gasteiger partial charge in [0.05, 0.1) is 17.7 Å². The first-order chi connectivity index (χ1) is 9.61. The molecular formula is C12H14N4O3S. The summed E-state index contributed by atoms with van der Waals surface area (Å²) < 4.78 is 5.11. The number of carboxylic acids is 1. The highest BCUT2D eigenvalue weighted by Crippen LogP contribution is 2.19. The number of nitrogens with one attached hydrogen (secondary N) is 1. The average molecular weight is 294 g/mol. The van der Waals surface area contributed by atoms with Gasteiger partial charge in [0.15, 0.2) is 5.69 Å². The molecule has 0 saturated heterocycles. The standard InChI is InChI=1S/C12H14N4O3S/c1-7-10(14-6-15-11(7)19-2)13-4-3-9-16-8(5-20-9)12(17)18/h5-6H,3-4H2,1-2H3,(H,17,18)(H,13,14,15). The minimum Gasteiger partial charge on any atom is -0.481 e. The van der Waals surface area contributed by atoms with E-state index in [-0.39, 0.29) is 5.69 Å². The highest BCUT2D eigenvalue weighted by atomic mass is 32.1. The highest BCUT2D eigenvalue weighted by molar-refractivity contribution is 7.09. The van der Waals surface area contributed by atoms with E-state index in [0.717, 1.165) is 10.6 Å². The summed E-state index contributed by atoms with van der Waals surface area (Å²) in [5.41, 5.74) is 0.922. The Bertz CT molecular complexity index is 614. The van der Waals surface area contributed by atoms with Gasteiger partial charge in [-0.15, -0.1) is 11.3 Å². The van der Waals surface area contributed by atoms with Crippen LogP contribution in [0.2, 0.25) is 0 Å². The summed E-state index contributed by atoms with van der Waals surface area (Å²) in [6.07, 6.45) is 2.06. The molecule has 0 radical (unpaired) electrons. The van der Waals surface area contributed by atoms with Crippen molar-refractivity contribution in [1.82, 2.24) is 15.0 Å². The van der Waals surface area contributed by atoms with E-state index in [0.29, 0.717) is 24.7 Å². The van der Waals surface area contributed by atoms with Crippen LogP contribution in [0.15, 0.2) is 11.7 Å². The summed E-state index contributed by atoms with van der Waals surface area (Å²) in [6, 6.07) is 0. The number of methoxy groups -OCH3 is 1. The second kappa shape index (κ2) is 6.29. The van der Waals surface area contributed by atoms with Crippen LogP contribution < -0.4 is 10.1 Å². The van der Waals surface area contributed by atoms with Gasteiger partial charge >= 0.3 is 5.97 Å². The van der Waals surface area contributed by atoms with E-state index < -0.39 is 5.97 Å². The number of thiazole rings is 1. The lowest BCUT2D eigenvalue weighted by Crippen LogP contribution is -2.09. The smallest absolute Gasteiger partial charge is 0.355 e. The number of nitrogens with zero attached hydrogens (tertiary/aromatic N) is 3. The highest BCUT2D eigenvalue weighted by Gasteiger charge is 2.09. The first kappa shape index (κ1) is 14.2. The number of hydrogen-bond acceptors (Lipinski definition) is 7. The molecule has 0 unspecified atom stereocenters. The molecule has 8 heteroatoms. The maximum Gasteiger partial charge on any atom is 0.355 e. The number of anilines is 1. The maximum absolute atomic E-state index is 10.7. The minimum atomic E-state index is -1.00. The zero-order chi connectivity index (χ0) is 14.5. The Morgan fingerprint density at radius 2 is 2.30 bits per heavy atom. The zero-order valence-electron chi connectivity index (χ0n) is 11.1. The minimum absolute atomic E-state index is 0.0879. The van der Waals surface area contributed by atoms with Crippen molar-refractivity contribution in [3.63, 3.8) is 0 Å². The summed E-state index contributed by atoms with van der Waals surface area (Å²) >= 11 is 1.34. The largest absolute Gasteiger partial charge is 0.481 e. The Kier molecular flexibility index (Phi) is 4.46. The zero-order valence-corrected chi connectivity index (χ0v) is 11.9. The third-order valence-electron chi connectivity index (χ3n) is 2.63. The molecule has 0 saturated carbocycles. The van der Waals surface area contributed by atoms with E-state index in [2.05, 4.69) is 20.3 Å². The second-order valence-corrected chi connectivity index (χ2v) is 4.91. The van der Waals surface area contributed by atoms with Crippen LogP contribution in [-0.2, 0) is 6.42 Å². The van der Waals surface area contributed by atoms with Crippen molar-refractivity contribution in [3.8, 4) is 5.88 Å². The lowest BCUT2D eigenvalue weighted by molar-refractivity contribution is 0.0691. The van der Waals surface area contributed by atoms with Gasteiger partial charge in [0, 0.05) is 18.3 Å². The number of ether oxygens (including phenoxy) is 1. The van der Waals surface area contributed by atoms with Crippen LogP contribution in [0.4, 0.5) is 5.82 Å². The third-order valence-corrected chi connectivity index (χ3v) is 3.54. The Labute approximate surface area is 119 Å². The first-order valence-electron chi connectivity index (χ1n) is 5.89. The summed E-state index contributed by atoms with van der Waals surface area (Å²) in [6.45, 7) is 2.47. The Morgan fingerprint density at radius 3 is 2.95 bits per heavy atom. The second-order valence-electron chi connectivity index (χ2n) is 3.96. The summed E-state index contributed by atoms with van der Waals surface area (Å²) in [7, 11) is 1.56. The van der Waals surface area contributed by atoms with E-state index in [1.807, 2.05) is 6.92 Å². The van der Waals surface area contributed by atoms with E-state index >= 15 is 0 Å². The monoisotopic (exact) mass is 294 g/mol. The van der Waals surface area contributed by atoms with Crippen LogP contribution in [0.1, 0.15) is 21.1 Å².